The zero-order chi connectivity index (χ0) is 13.2. The van der Waals surface area contributed by atoms with Crippen LogP contribution in [0.3, 0.4) is 0 Å². The van der Waals surface area contributed by atoms with Crippen LogP contribution in [0.2, 0.25) is 0 Å². The second kappa shape index (κ2) is 5.33. The number of benzene rings is 1. The third-order valence-electron chi connectivity index (χ3n) is 4.07. The largest absolute Gasteiger partial charge is 0.478 e. The lowest BCUT2D eigenvalue weighted by Crippen LogP contribution is -2.28. The molecule has 3 heteroatoms. The lowest BCUT2D eigenvalue weighted by molar-refractivity contribution is 0.0694. The normalized spacial score (nSPS) is 18.8. The number of hydrogen-bond acceptors (Lipinski definition) is 2. The Labute approximate surface area is 114 Å². The molecule has 1 aromatic carbocycles. The Morgan fingerprint density at radius 3 is 2.21 bits per heavy atom. The SMILES string of the molecule is O=C(O)c1ccccc1CN(CC1CC1)CC1CC1. The van der Waals surface area contributed by atoms with E-state index in [0.29, 0.717) is 5.56 Å². The number of carboxylic acid groups (broad SMARTS) is 1. The summed E-state index contributed by atoms with van der Waals surface area (Å²) in [5.41, 5.74) is 1.41. The summed E-state index contributed by atoms with van der Waals surface area (Å²) in [7, 11) is 0. The van der Waals surface area contributed by atoms with Gasteiger partial charge in [0.05, 0.1) is 5.56 Å². The van der Waals surface area contributed by atoms with E-state index >= 15 is 0 Å². The van der Waals surface area contributed by atoms with Gasteiger partial charge >= 0.3 is 5.97 Å². The van der Waals surface area contributed by atoms with Crippen LogP contribution in [0.15, 0.2) is 24.3 Å². The molecule has 3 nitrogen and oxygen atoms in total. The third kappa shape index (κ3) is 3.57. The quantitative estimate of drug-likeness (QED) is 0.818. The van der Waals surface area contributed by atoms with Crippen LogP contribution in [0.25, 0.3) is 0 Å². The lowest BCUT2D eigenvalue weighted by atomic mass is 10.1. The predicted octanol–water partition coefficient (Wildman–Crippen LogP) is 3.01. The zero-order valence-corrected chi connectivity index (χ0v) is 11.2. The van der Waals surface area contributed by atoms with E-state index in [1.807, 2.05) is 12.1 Å². The highest BCUT2D eigenvalue weighted by atomic mass is 16.4. The first-order valence-corrected chi connectivity index (χ1v) is 7.26. The van der Waals surface area contributed by atoms with Crippen LogP contribution in [-0.4, -0.2) is 29.1 Å². The van der Waals surface area contributed by atoms with Gasteiger partial charge in [-0.05, 0) is 49.1 Å². The van der Waals surface area contributed by atoms with Gasteiger partial charge in [0, 0.05) is 19.6 Å². The highest BCUT2D eigenvalue weighted by Gasteiger charge is 2.29. The Morgan fingerprint density at radius 1 is 1.11 bits per heavy atom. The van der Waals surface area contributed by atoms with Gasteiger partial charge in [-0.25, -0.2) is 4.79 Å². The van der Waals surface area contributed by atoms with Crippen molar-refractivity contribution in [3.8, 4) is 0 Å². The van der Waals surface area contributed by atoms with Gasteiger partial charge in [-0.1, -0.05) is 18.2 Å². The minimum Gasteiger partial charge on any atom is -0.478 e. The van der Waals surface area contributed by atoms with Crippen molar-refractivity contribution in [2.75, 3.05) is 13.1 Å². The van der Waals surface area contributed by atoms with Crippen molar-refractivity contribution in [1.82, 2.24) is 4.90 Å². The van der Waals surface area contributed by atoms with E-state index in [0.717, 1.165) is 37.0 Å². The standard InChI is InChI=1S/C16H21NO2/c18-16(19)15-4-2-1-3-14(15)11-17(9-12-5-6-12)10-13-7-8-13/h1-4,12-13H,5-11H2,(H,18,19). The Bertz CT molecular complexity index is 450. The minimum absolute atomic E-state index is 0.457. The molecule has 2 saturated carbocycles. The fourth-order valence-corrected chi connectivity index (χ4v) is 2.64. The first-order valence-electron chi connectivity index (χ1n) is 7.26. The number of hydrogen-bond donors (Lipinski definition) is 1. The molecule has 0 unspecified atom stereocenters. The fraction of sp³-hybridized carbons (Fsp3) is 0.562. The average molecular weight is 259 g/mol. The molecule has 0 amide bonds. The molecule has 1 N–H and O–H groups in total. The van der Waals surface area contributed by atoms with Crippen molar-refractivity contribution < 1.29 is 9.90 Å². The van der Waals surface area contributed by atoms with Crippen LogP contribution in [0, 0.1) is 11.8 Å². The molecule has 0 bridgehead atoms. The number of carbonyl (C=O) groups is 1. The molecule has 0 heterocycles. The zero-order valence-electron chi connectivity index (χ0n) is 11.2. The van der Waals surface area contributed by atoms with E-state index in [4.69, 9.17) is 0 Å². The smallest absolute Gasteiger partial charge is 0.336 e. The van der Waals surface area contributed by atoms with Crippen LogP contribution in [0.5, 0.6) is 0 Å². The van der Waals surface area contributed by atoms with Crippen molar-refractivity contribution >= 4 is 5.97 Å². The molecular formula is C16H21NO2. The second-order valence-corrected chi connectivity index (χ2v) is 6.04. The van der Waals surface area contributed by atoms with E-state index in [1.165, 1.54) is 25.7 Å². The van der Waals surface area contributed by atoms with Crippen LogP contribution in [0.4, 0.5) is 0 Å². The van der Waals surface area contributed by atoms with E-state index < -0.39 is 5.97 Å². The van der Waals surface area contributed by atoms with Gasteiger partial charge in [-0.3, -0.25) is 4.90 Å². The molecule has 2 aliphatic carbocycles. The average Bonchev–Trinajstić information content (AvgIpc) is 3.25. The predicted molar refractivity (Wildman–Crippen MR) is 74.1 cm³/mol. The van der Waals surface area contributed by atoms with Gasteiger partial charge in [0.2, 0.25) is 0 Å². The molecule has 0 spiro atoms. The van der Waals surface area contributed by atoms with Gasteiger partial charge in [-0.2, -0.15) is 0 Å². The van der Waals surface area contributed by atoms with E-state index in [1.54, 1.807) is 12.1 Å². The van der Waals surface area contributed by atoms with Crippen LogP contribution < -0.4 is 0 Å². The van der Waals surface area contributed by atoms with E-state index in [2.05, 4.69) is 4.90 Å². The topological polar surface area (TPSA) is 40.5 Å². The molecule has 0 radical (unpaired) electrons. The van der Waals surface area contributed by atoms with Gasteiger partial charge in [-0.15, -0.1) is 0 Å². The summed E-state index contributed by atoms with van der Waals surface area (Å²) in [4.78, 5) is 13.7. The summed E-state index contributed by atoms with van der Waals surface area (Å²) in [5.74, 6) is 0.903. The summed E-state index contributed by atoms with van der Waals surface area (Å²) in [5, 5.41) is 9.25. The maximum atomic E-state index is 11.3. The third-order valence-corrected chi connectivity index (χ3v) is 4.07. The molecular weight excluding hydrogens is 238 g/mol. The van der Waals surface area contributed by atoms with Gasteiger partial charge in [0.1, 0.15) is 0 Å². The maximum Gasteiger partial charge on any atom is 0.336 e. The van der Waals surface area contributed by atoms with Crippen molar-refractivity contribution in [1.29, 1.82) is 0 Å². The van der Waals surface area contributed by atoms with Gasteiger partial charge in [0.25, 0.3) is 0 Å². The molecule has 2 fully saturated rings. The van der Waals surface area contributed by atoms with Crippen LogP contribution in [-0.2, 0) is 6.54 Å². The first kappa shape index (κ1) is 12.7. The Morgan fingerprint density at radius 2 is 1.68 bits per heavy atom. The van der Waals surface area contributed by atoms with Crippen molar-refractivity contribution in [2.45, 2.75) is 32.2 Å². The Balaban J connectivity index is 1.70. The van der Waals surface area contributed by atoms with Gasteiger partial charge in [0.15, 0.2) is 0 Å². The van der Waals surface area contributed by atoms with Crippen LogP contribution in [0.1, 0.15) is 41.6 Å². The number of nitrogens with zero attached hydrogens (tertiary/aromatic N) is 1. The fourth-order valence-electron chi connectivity index (χ4n) is 2.64. The molecule has 102 valence electrons. The lowest BCUT2D eigenvalue weighted by Gasteiger charge is -2.23. The van der Waals surface area contributed by atoms with Crippen LogP contribution >= 0.6 is 0 Å². The molecule has 19 heavy (non-hydrogen) atoms. The first-order chi connectivity index (χ1) is 9.22. The summed E-state index contributed by atoms with van der Waals surface area (Å²) in [6, 6.07) is 7.41. The van der Waals surface area contributed by atoms with E-state index in [-0.39, 0.29) is 0 Å². The minimum atomic E-state index is -0.812. The molecule has 1 aromatic rings. The summed E-state index contributed by atoms with van der Waals surface area (Å²) in [6.45, 7) is 3.07. The second-order valence-electron chi connectivity index (χ2n) is 6.04. The molecule has 0 aliphatic heterocycles. The molecule has 0 atom stereocenters. The number of carboxylic acids is 1. The molecule has 3 rings (SSSR count). The summed E-state index contributed by atoms with van der Waals surface area (Å²) in [6.07, 6.45) is 5.40. The number of aromatic carboxylic acids is 1. The highest BCUT2D eigenvalue weighted by molar-refractivity contribution is 5.89. The maximum absolute atomic E-state index is 11.3. The summed E-state index contributed by atoms with van der Waals surface area (Å²) >= 11 is 0. The van der Waals surface area contributed by atoms with E-state index in [9.17, 15) is 9.90 Å². The Kier molecular flexibility index (Phi) is 3.56. The van der Waals surface area contributed by atoms with Crippen molar-refractivity contribution in [2.24, 2.45) is 11.8 Å². The summed E-state index contributed by atoms with van der Waals surface area (Å²) < 4.78 is 0. The van der Waals surface area contributed by atoms with Crippen molar-refractivity contribution in [3.63, 3.8) is 0 Å². The number of rotatable bonds is 7. The van der Waals surface area contributed by atoms with Crippen molar-refractivity contribution in [3.05, 3.63) is 35.4 Å². The highest BCUT2D eigenvalue weighted by Crippen LogP contribution is 2.34. The molecule has 0 saturated heterocycles. The molecule has 2 aliphatic rings. The molecule has 0 aromatic heterocycles. The Hall–Kier alpha value is -1.35. The monoisotopic (exact) mass is 259 g/mol. The van der Waals surface area contributed by atoms with Gasteiger partial charge < -0.3 is 5.11 Å².